The van der Waals surface area contributed by atoms with Crippen molar-refractivity contribution in [3.8, 4) is 0 Å². The zero-order valence-corrected chi connectivity index (χ0v) is 9.67. The number of aliphatic hydroxyl groups excluding tert-OH is 1. The fourth-order valence-electron chi connectivity index (χ4n) is 1.31. The normalized spacial score (nSPS) is 11.9. The van der Waals surface area contributed by atoms with E-state index in [9.17, 15) is 10.1 Å². The van der Waals surface area contributed by atoms with Crippen molar-refractivity contribution in [2.75, 3.05) is 24.3 Å². The van der Waals surface area contributed by atoms with E-state index in [-0.39, 0.29) is 30.0 Å². The van der Waals surface area contributed by atoms with E-state index < -0.39 is 4.92 Å². The molecule has 0 bridgehead atoms. The number of hydrogen-bond donors (Lipinski definition) is 3. The minimum atomic E-state index is -0.557. The number of nitrogens with one attached hydrogen (secondary N) is 2. The molecule has 0 spiro atoms. The van der Waals surface area contributed by atoms with Gasteiger partial charge in [0.05, 0.1) is 17.6 Å². The van der Waals surface area contributed by atoms with Crippen LogP contribution in [-0.2, 0) is 0 Å². The molecule has 94 valence electrons. The van der Waals surface area contributed by atoms with E-state index in [0.29, 0.717) is 6.42 Å². The van der Waals surface area contributed by atoms with Crippen molar-refractivity contribution in [2.24, 2.45) is 0 Å². The van der Waals surface area contributed by atoms with E-state index in [0.717, 1.165) is 0 Å². The second-order valence-corrected chi connectivity index (χ2v) is 3.36. The molecule has 3 N–H and O–H groups in total. The van der Waals surface area contributed by atoms with Gasteiger partial charge in [0, 0.05) is 7.05 Å². The van der Waals surface area contributed by atoms with Crippen LogP contribution in [0.3, 0.4) is 0 Å². The molecule has 8 heteroatoms. The zero-order chi connectivity index (χ0) is 12.8. The molecule has 0 amide bonds. The van der Waals surface area contributed by atoms with E-state index >= 15 is 0 Å². The molecular formula is C9H15N5O3. The summed E-state index contributed by atoms with van der Waals surface area (Å²) in [7, 11) is 1.54. The van der Waals surface area contributed by atoms with E-state index in [1.165, 1.54) is 6.33 Å². The molecule has 1 aromatic heterocycles. The SMILES string of the molecule is CCC(CO)Nc1ncnc(NC)c1[N+](=O)[O-]. The Morgan fingerprint density at radius 1 is 1.53 bits per heavy atom. The molecule has 1 atom stereocenters. The maximum atomic E-state index is 10.9. The van der Waals surface area contributed by atoms with Gasteiger partial charge in [-0.25, -0.2) is 9.97 Å². The molecule has 0 aliphatic carbocycles. The lowest BCUT2D eigenvalue weighted by atomic mass is 10.2. The highest BCUT2D eigenvalue weighted by molar-refractivity contribution is 5.69. The molecule has 1 aromatic rings. The first kappa shape index (κ1) is 13.1. The Labute approximate surface area is 98.2 Å². The minimum absolute atomic E-state index is 0.107. The van der Waals surface area contributed by atoms with Gasteiger partial charge in [-0.15, -0.1) is 0 Å². The van der Waals surface area contributed by atoms with E-state index in [4.69, 9.17) is 5.11 Å². The Hall–Kier alpha value is -1.96. The number of aliphatic hydroxyl groups is 1. The van der Waals surface area contributed by atoms with Gasteiger partial charge in [0.25, 0.3) is 0 Å². The Morgan fingerprint density at radius 2 is 2.18 bits per heavy atom. The fraction of sp³-hybridized carbons (Fsp3) is 0.556. The first-order chi connectivity index (χ1) is 8.13. The summed E-state index contributed by atoms with van der Waals surface area (Å²) in [5.41, 5.74) is -0.220. The highest BCUT2D eigenvalue weighted by Gasteiger charge is 2.23. The summed E-state index contributed by atoms with van der Waals surface area (Å²) in [6.45, 7) is 1.74. The number of nitro groups is 1. The van der Waals surface area contributed by atoms with E-state index in [1.807, 2.05) is 6.92 Å². The standard InChI is InChI=1S/C9H15N5O3/c1-3-6(4-15)13-9-7(14(16)17)8(10-2)11-5-12-9/h5-6,15H,3-4H2,1-2H3,(H2,10,11,12,13). The maximum absolute atomic E-state index is 10.9. The molecule has 0 radical (unpaired) electrons. The first-order valence-electron chi connectivity index (χ1n) is 5.18. The molecule has 1 unspecified atom stereocenters. The van der Waals surface area contributed by atoms with Crippen molar-refractivity contribution in [1.82, 2.24) is 9.97 Å². The zero-order valence-electron chi connectivity index (χ0n) is 9.67. The average Bonchev–Trinajstić information content (AvgIpc) is 2.34. The molecule has 1 rings (SSSR count). The maximum Gasteiger partial charge on any atom is 0.353 e. The predicted molar refractivity (Wildman–Crippen MR) is 63.0 cm³/mol. The highest BCUT2D eigenvalue weighted by atomic mass is 16.6. The van der Waals surface area contributed by atoms with Gasteiger partial charge in [-0.3, -0.25) is 10.1 Å². The van der Waals surface area contributed by atoms with Gasteiger partial charge in [-0.2, -0.15) is 0 Å². The van der Waals surface area contributed by atoms with Crippen molar-refractivity contribution in [2.45, 2.75) is 19.4 Å². The Balaban J connectivity index is 3.09. The van der Waals surface area contributed by atoms with Crippen molar-refractivity contribution < 1.29 is 10.0 Å². The monoisotopic (exact) mass is 241 g/mol. The quantitative estimate of drug-likeness (QED) is 0.494. The second-order valence-electron chi connectivity index (χ2n) is 3.36. The summed E-state index contributed by atoms with van der Waals surface area (Å²) in [4.78, 5) is 18.0. The van der Waals surface area contributed by atoms with Crippen LogP contribution in [-0.4, -0.2) is 39.7 Å². The first-order valence-corrected chi connectivity index (χ1v) is 5.18. The number of anilines is 2. The van der Waals surface area contributed by atoms with E-state index in [2.05, 4.69) is 20.6 Å². The Bertz CT molecular complexity index is 394. The Kier molecular flexibility index (Phi) is 4.58. The van der Waals surface area contributed by atoms with Crippen molar-refractivity contribution >= 4 is 17.3 Å². The molecule has 17 heavy (non-hydrogen) atoms. The smallest absolute Gasteiger partial charge is 0.353 e. The third-order valence-electron chi connectivity index (χ3n) is 2.30. The number of nitrogens with zero attached hydrogens (tertiary/aromatic N) is 3. The third kappa shape index (κ3) is 3.00. The summed E-state index contributed by atoms with van der Waals surface area (Å²) in [6, 6.07) is -0.270. The highest BCUT2D eigenvalue weighted by Crippen LogP contribution is 2.28. The molecule has 0 saturated carbocycles. The number of aromatic nitrogens is 2. The van der Waals surface area contributed by atoms with Crippen LogP contribution in [0.4, 0.5) is 17.3 Å². The van der Waals surface area contributed by atoms with Crippen LogP contribution in [0, 0.1) is 10.1 Å². The van der Waals surface area contributed by atoms with Gasteiger partial charge in [0.1, 0.15) is 6.33 Å². The van der Waals surface area contributed by atoms with Crippen LogP contribution >= 0.6 is 0 Å². The van der Waals surface area contributed by atoms with Crippen LogP contribution < -0.4 is 10.6 Å². The van der Waals surface area contributed by atoms with Crippen LogP contribution in [0.5, 0.6) is 0 Å². The van der Waals surface area contributed by atoms with Crippen molar-refractivity contribution in [3.05, 3.63) is 16.4 Å². The fourth-order valence-corrected chi connectivity index (χ4v) is 1.31. The largest absolute Gasteiger partial charge is 0.394 e. The third-order valence-corrected chi connectivity index (χ3v) is 2.30. The van der Waals surface area contributed by atoms with Crippen LogP contribution in [0.1, 0.15) is 13.3 Å². The number of rotatable bonds is 6. The lowest BCUT2D eigenvalue weighted by molar-refractivity contribution is -0.383. The number of hydrogen-bond acceptors (Lipinski definition) is 7. The van der Waals surface area contributed by atoms with Gasteiger partial charge in [0.2, 0.25) is 11.6 Å². The van der Waals surface area contributed by atoms with Crippen molar-refractivity contribution in [3.63, 3.8) is 0 Å². The molecule has 0 aliphatic heterocycles. The summed E-state index contributed by atoms with van der Waals surface area (Å²) in [6.07, 6.45) is 1.86. The molecule has 8 nitrogen and oxygen atoms in total. The topological polar surface area (TPSA) is 113 Å². The van der Waals surface area contributed by atoms with E-state index in [1.54, 1.807) is 7.05 Å². The van der Waals surface area contributed by atoms with Gasteiger partial charge >= 0.3 is 5.69 Å². The molecule has 0 aliphatic rings. The van der Waals surface area contributed by atoms with Gasteiger partial charge < -0.3 is 15.7 Å². The minimum Gasteiger partial charge on any atom is -0.394 e. The van der Waals surface area contributed by atoms with Crippen LogP contribution in [0.2, 0.25) is 0 Å². The molecule has 0 saturated heterocycles. The van der Waals surface area contributed by atoms with Crippen LogP contribution in [0.25, 0.3) is 0 Å². The molecular weight excluding hydrogens is 226 g/mol. The van der Waals surface area contributed by atoms with Crippen molar-refractivity contribution in [1.29, 1.82) is 0 Å². The summed E-state index contributed by atoms with van der Waals surface area (Å²) < 4.78 is 0. The predicted octanol–water partition coefficient (Wildman–Crippen LogP) is 0.609. The lowest BCUT2D eigenvalue weighted by Crippen LogP contribution is -2.24. The van der Waals surface area contributed by atoms with Gasteiger partial charge in [-0.05, 0) is 6.42 Å². The average molecular weight is 241 g/mol. The molecule has 1 heterocycles. The summed E-state index contributed by atoms with van der Waals surface area (Å²) in [5.74, 6) is 0.246. The molecule has 0 aromatic carbocycles. The Morgan fingerprint density at radius 3 is 2.65 bits per heavy atom. The second kappa shape index (κ2) is 5.94. The van der Waals surface area contributed by atoms with Gasteiger partial charge in [0.15, 0.2) is 0 Å². The lowest BCUT2D eigenvalue weighted by Gasteiger charge is -2.14. The summed E-state index contributed by atoms with van der Waals surface area (Å²) in [5, 5.41) is 25.4. The van der Waals surface area contributed by atoms with Crippen LogP contribution in [0.15, 0.2) is 6.33 Å². The summed E-state index contributed by atoms with van der Waals surface area (Å²) >= 11 is 0. The molecule has 0 fully saturated rings. The van der Waals surface area contributed by atoms with Gasteiger partial charge in [-0.1, -0.05) is 6.92 Å².